The van der Waals surface area contributed by atoms with Gasteiger partial charge in [0.1, 0.15) is 6.79 Å². The van der Waals surface area contributed by atoms with E-state index in [0.29, 0.717) is 12.9 Å². The summed E-state index contributed by atoms with van der Waals surface area (Å²) in [4.78, 5) is 0. The van der Waals surface area contributed by atoms with E-state index in [1.165, 1.54) is 0 Å². The molecule has 8 heavy (non-hydrogen) atoms. The van der Waals surface area contributed by atoms with Gasteiger partial charge in [0.05, 0.1) is 12.7 Å². The molecule has 1 aliphatic rings. The molecule has 1 heterocycles. The zero-order valence-corrected chi connectivity index (χ0v) is 4.52. The molecule has 0 amide bonds. The molecule has 2 nitrogen and oxygen atoms in total. The first-order chi connectivity index (χ1) is 3.43. The molecule has 0 bridgehead atoms. The van der Waals surface area contributed by atoms with Gasteiger partial charge in [0.25, 0.3) is 0 Å². The van der Waals surface area contributed by atoms with Crippen LogP contribution < -0.4 is 0 Å². The molecule has 1 aliphatic heterocycles. The Morgan fingerprint density at radius 2 is 2.38 bits per heavy atom. The molecule has 0 aliphatic carbocycles. The van der Waals surface area contributed by atoms with Crippen LogP contribution in [0.4, 0.5) is 0 Å². The summed E-state index contributed by atoms with van der Waals surface area (Å²) in [6.45, 7) is 3.38. The van der Waals surface area contributed by atoms with E-state index >= 15 is 0 Å². The minimum Gasteiger partial charge on any atom is -0.353 e. The Balaban J connectivity index is 0.000000490. The Bertz CT molecular complexity index is 48.5. The molecule has 0 N–H and O–H groups in total. The second-order valence-corrected chi connectivity index (χ2v) is 1.69. The number of hydrogen-bond donors (Lipinski definition) is 0. The van der Waals surface area contributed by atoms with E-state index in [-0.39, 0.29) is 7.43 Å². The van der Waals surface area contributed by atoms with Gasteiger partial charge in [0.2, 0.25) is 0 Å². The molecule has 2 heteroatoms. The maximum atomic E-state index is 5.08. The van der Waals surface area contributed by atoms with Gasteiger partial charge in [0.15, 0.2) is 0 Å². The van der Waals surface area contributed by atoms with Crippen molar-refractivity contribution in [2.45, 2.75) is 26.9 Å². The van der Waals surface area contributed by atoms with Gasteiger partial charge in [-0.15, -0.1) is 0 Å². The number of hydrogen-bond acceptors (Lipinski definition) is 2. The Morgan fingerprint density at radius 3 is 2.62 bits per heavy atom. The lowest BCUT2D eigenvalue weighted by atomic mass is 10.3. The topological polar surface area (TPSA) is 18.5 Å². The molecule has 1 atom stereocenters. The molecule has 0 spiro atoms. The monoisotopic (exact) mass is 118 g/mol. The smallest absolute Gasteiger partial charge is 0.147 e. The zero-order valence-electron chi connectivity index (χ0n) is 4.52. The van der Waals surface area contributed by atoms with Crippen molar-refractivity contribution in [1.82, 2.24) is 0 Å². The van der Waals surface area contributed by atoms with Crippen LogP contribution >= 0.6 is 0 Å². The predicted octanol–water partition coefficient (Wildman–Crippen LogP) is 1.41. The third-order valence-corrected chi connectivity index (χ3v) is 1.15. The molecular weight excluding hydrogens is 104 g/mol. The van der Waals surface area contributed by atoms with Crippen molar-refractivity contribution in [2.24, 2.45) is 0 Å². The second-order valence-electron chi connectivity index (χ2n) is 1.69. The van der Waals surface area contributed by atoms with Gasteiger partial charge in [-0.3, -0.25) is 0 Å². The highest BCUT2D eigenvalue weighted by Crippen LogP contribution is 2.04. The molecule has 0 saturated carbocycles. The van der Waals surface area contributed by atoms with Crippen molar-refractivity contribution < 1.29 is 9.47 Å². The molecule has 50 valence electrons. The molecule has 0 aromatic carbocycles. The van der Waals surface area contributed by atoms with Gasteiger partial charge in [-0.2, -0.15) is 0 Å². The fourth-order valence-corrected chi connectivity index (χ4v) is 0.608. The van der Waals surface area contributed by atoms with Crippen LogP contribution in [0.15, 0.2) is 0 Å². The Labute approximate surface area is 50.8 Å². The van der Waals surface area contributed by atoms with Gasteiger partial charge in [-0.1, -0.05) is 14.4 Å². The van der Waals surface area contributed by atoms with Crippen molar-refractivity contribution in [3.8, 4) is 0 Å². The maximum absolute atomic E-state index is 5.08. The van der Waals surface area contributed by atoms with Crippen molar-refractivity contribution in [1.29, 1.82) is 0 Å². The first kappa shape index (κ1) is 7.92. The minimum atomic E-state index is 0. The molecule has 1 saturated heterocycles. The summed E-state index contributed by atoms with van der Waals surface area (Å²) >= 11 is 0. The summed E-state index contributed by atoms with van der Waals surface area (Å²) in [6.07, 6.45) is 1.44. The molecular formula is C6H14O2. The minimum absolute atomic E-state index is 0. The average molecular weight is 118 g/mol. The van der Waals surface area contributed by atoms with Crippen molar-refractivity contribution in [2.75, 3.05) is 13.4 Å². The number of ether oxygens (including phenoxy) is 2. The van der Waals surface area contributed by atoms with Crippen LogP contribution in [0.25, 0.3) is 0 Å². The van der Waals surface area contributed by atoms with Crippen molar-refractivity contribution in [3.63, 3.8) is 0 Å². The molecule has 1 fully saturated rings. The lowest BCUT2D eigenvalue weighted by Crippen LogP contribution is -2.05. The highest BCUT2D eigenvalue weighted by atomic mass is 16.7. The third-order valence-electron chi connectivity index (χ3n) is 1.15. The summed E-state index contributed by atoms with van der Waals surface area (Å²) in [5, 5.41) is 0. The fourth-order valence-electron chi connectivity index (χ4n) is 0.608. The van der Waals surface area contributed by atoms with Crippen LogP contribution in [-0.2, 0) is 9.47 Å². The first-order valence-corrected chi connectivity index (χ1v) is 2.63. The second kappa shape index (κ2) is 3.87. The molecule has 0 aromatic rings. The van der Waals surface area contributed by atoms with E-state index in [1.54, 1.807) is 0 Å². The van der Waals surface area contributed by atoms with Crippen LogP contribution in [0.2, 0.25) is 0 Å². The molecule has 1 unspecified atom stereocenters. The Morgan fingerprint density at radius 1 is 1.62 bits per heavy atom. The summed E-state index contributed by atoms with van der Waals surface area (Å²) in [6, 6.07) is 0. The Hall–Kier alpha value is -0.0800. The molecule has 1 rings (SSSR count). The Kier molecular flexibility index (Phi) is 3.83. The van der Waals surface area contributed by atoms with Crippen LogP contribution in [0, 0.1) is 0 Å². The summed E-state index contributed by atoms with van der Waals surface area (Å²) in [5.74, 6) is 0. The van der Waals surface area contributed by atoms with Gasteiger partial charge in [-0.05, 0) is 6.42 Å². The van der Waals surface area contributed by atoms with E-state index in [1.807, 2.05) is 0 Å². The van der Waals surface area contributed by atoms with E-state index < -0.39 is 0 Å². The fraction of sp³-hybridized carbons (Fsp3) is 1.00. The third kappa shape index (κ3) is 1.80. The van der Waals surface area contributed by atoms with E-state index in [2.05, 4.69) is 6.92 Å². The molecule has 0 radical (unpaired) electrons. The normalized spacial score (nSPS) is 27.4. The van der Waals surface area contributed by atoms with Gasteiger partial charge in [0, 0.05) is 0 Å². The summed E-state index contributed by atoms with van der Waals surface area (Å²) in [5.41, 5.74) is 0. The first-order valence-electron chi connectivity index (χ1n) is 2.63. The maximum Gasteiger partial charge on any atom is 0.147 e. The van der Waals surface area contributed by atoms with Crippen molar-refractivity contribution >= 4 is 0 Å². The largest absolute Gasteiger partial charge is 0.353 e. The summed E-state index contributed by atoms with van der Waals surface area (Å²) in [7, 11) is 0. The zero-order chi connectivity index (χ0) is 5.11. The van der Waals surface area contributed by atoms with Crippen LogP contribution in [-0.4, -0.2) is 19.5 Å². The predicted molar refractivity (Wildman–Crippen MR) is 32.7 cm³/mol. The SMILES string of the molecule is C.CCC1COCO1. The van der Waals surface area contributed by atoms with Crippen molar-refractivity contribution in [3.05, 3.63) is 0 Å². The van der Waals surface area contributed by atoms with Gasteiger partial charge in [-0.25, -0.2) is 0 Å². The van der Waals surface area contributed by atoms with Gasteiger partial charge < -0.3 is 9.47 Å². The highest BCUT2D eigenvalue weighted by molar-refractivity contribution is 4.54. The number of rotatable bonds is 1. The van der Waals surface area contributed by atoms with E-state index in [0.717, 1.165) is 13.0 Å². The summed E-state index contributed by atoms with van der Waals surface area (Å²) < 4.78 is 10.0. The lowest BCUT2D eigenvalue weighted by molar-refractivity contribution is 0.0460. The van der Waals surface area contributed by atoms with Crippen LogP contribution in [0.3, 0.4) is 0 Å². The van der Waals surface area contributed by atoms with Crippen LogP contribution in [0.5, 0.6) is 0 Å². The average Bonchev–Trinajstić information content (AvgIpc) is 2.14. The van der Waals surface area contributed by atoms with Crippen LogP contribution in [0.1, 0.15) is 20.8 Å². The lowest BCUT2D eigenvalue weighted by Gasteiger charge is -1.98. The van der Waals surface area contributed by atoms with E-state index in [9.17, 15) is 0 Å². The van der Waals surface area contributed by atoms with E-state index in [4.69, 9.17) is 9.47 Å². The quantitative estimate of drug-likeness (QED) is 0.518. The molecule has 0 aromatic heterocycles. The standard InChI is InChI=1S/C5H10O2.CH4/c1-2-5-3-6-4-7-5;/h5H,2-4H2,1H3;1H4. The van der Waals surface area contributed by atoms with Gasteiger partial charge >= 0.3 is 0 Å². The highest BCUT2D eigenvalue weighted by Gasteiger charge is 2.11.